The van der Waals surface area contributed by atoms with Gasteiger partial charge in [-0.2, -0.15) is 11.8 Å². The summed E-state index contributed by atoms with van der Waals surface area (Å²) in [6.45, 7) is 5.51. The zero-order valence-electron chi connectivity index (χ0n) is 11.9. The van der Waals surface area contributed by atoms with Crippen LogP contribution in [-0.4, -0.2) is 64.9 Å². The Morgan fingerprint density at radius 3 is 2.47 bits per heavy atom. The molecule has 19 heavy (non-hydrogen) atoms. The van der Waals surface area contributed by atoms with Gasteiger partial charge in [-0.05, 0) is 12.7 Å². The third-order valence-corrected chi connectivity index (χ3v) is 4.40. The maximum Gasteiger partial charge on any atom is 0.223 e. The number of carbonyl (C=O) groups excluding carboxylic acids is 1. The van der Waals surface area contributed by atoms with E-state index >= 15 is 0 Å². The second-order valence-electron chi connectivity index (χ2n) is 4.87. The second-order valence-corrected chi connectivity index (χ2v) is 6.32. The maximum atomic E-state index is 11.9. The zero-order chi connectivity index (χ0) is 14.3. The van der Waals surface area contributed by atoms with E-state index in [4.69, 9.17) is 18.0 Å². The molecule has 6 heteroatoms. The number of nitrogens with zero attached hydrogens (tertiary/aromatic N) is 2. The lowest BCUT2D eigenvalue weighted by molar-refractivity contribution is -0.132. The fourth-order valence-electron chi connectivity index (χ4n) is 2.41. The lowest BCUT2D eigenvalue weighted by atomic mass is 10.1. The normalized spacial score (nSPS) is 18.3. The maximum absolute atomic E-state index is 11.9. The molecule has 1 atom stereocenters. The van der Waals surface area contributed by atoms with Gasteiger partial charge >= 0.3 is 0 Å². The largest absolute Gasteiger partial charge is 0.392 e. The number of thioether (sulfide) groups is 1. The van der Waals surface area contributed by atoms with Crippen molar-refractivity contribution in [3.05, 3.63) is 0 Å². The molecule has 1 heterocycles. The topological polar surface area (TPSA) is 49.6 Å². The molecule has 0 radical (unpaired) electrons. The molecule has 0 aromatic heterocycles. The average molecular weight is 303 g/mol. The van der Waals surface area contributed by atoms with Crippen molar-refractivity contribution in [2.24, 2.45) is 5.73 Å². The fraction of sp³-hybridized carbons (Fsp3) is 0.846. The van der Waals surface area contributed by atoms with Gasteiger partial charge in [0.05, 0.1) is 11.0 Å². The van der Waals surface area contributed by atoms with Crippen molar-refractivity contribution in [2.45, 2.75) is 32.2 Å². The van der Waals surface area contributed by atoms with Gasteiger partial charge in [0.1, 0.15) is 0 Å². The highest BCUT2D eigenvalue weighted by Crippen LogP contribution is 2.13. The summed E-state index contributed by atoms with van der Waals surface area (Å²) in [6.07, 6.45) is 4.77. The van der Waals surface area contributed by atoms with Crippen molar-refractivity contribution < 1.29 is 4.79 Å². The molecular weight excluding hydrogens is 278 g/mol. The van der Waals surface area contributed by atoms with E-state index in [2.05, 4.69) is 11.8 Å². The predicted molar refractivity (Wildman–Crippen MR) is 86.6 cm³/mol. The molecule has 1 saturated heterocycles. The van der Waals surface area contributed by atoms with E-state index in [0.717, 1.165) is 44.8 Å². The van der Waals surface area contributed by atoms with Crippen LogP contribution in [0.25, 0.3) is 0 Å². The second kappa shape index (κ2) is 8.76. The number of carbonyl (C=O) groups is 1. The average Bonchev–Trinajstić information content (AvgIpc) is 2.42. The van der Waals surface area contributed by atoms with Gasteiger partial charge < -0.3 is 10.6 Å². The van der Waals surface area contributed by atoms with Crippen LogP contribution in [0.15, 0.2) is 0 Å². The van der Waals surface area contributed by atoms with Crippen LogP contribution in [-0.2, 0) is 4.79 Å². The summed E-state index contributed by atoms with van der Waals surface area (Å²) in [5.41, 5.74) is 5.82. The van der Waals surface area contributed by atoms with E-state index in [-0.39, 0.29) is 11.9 Å². The fourth-order valence-corrected chi connectivity index (χ4v) is 3.05. The molecule has 1 unspecified atom stereocenters. The lowest BCUT2D eigenvalue weighted by Gasteiger charge is -2.39. The van der Waals surface area contributed by atoms with Gasteiger partial charge in [0.15, 0.2) is 0 Å². The summed E-state index contributed by atoms with van der Waals surface area (Å²) in [4.78, 5) is 16.8. The summed E-state index contributed by atoms with van der Waals surface area (Å²) in [5, 5.41) is 0. The molecule has 1 rings (SSSR count). The van der Waals surface area contributed by atoms with Crippen LogP contribution in [0, 0.1) is 0 Å². The highest BCUT2D eigenvalue weighted by Gasteiger charge is 2.26. The number of nitrogens with two attached hydrogens (primary N) is 1. The van der Waals surface area contributed by atoms with Gasteiger partial charge in [-0.25, -0.2) is 0 Å². The first-order chi connectivity index (χ1) is 9.10. The Balaban J connectivity index is 2.42. The smallest absolute Gasteiger partial charge is 0.223 e. The van der Waals surface area contributed by atoms with Gasteiger partial charge in [-0.3, -0.25) is 9.69 Å². The molecule has 1 fully saturated rings. The molecule has 2 N–H and O–H groups in total. The minimum atomic E-state index is 0.198. The highest BCUT2D eigenvalue weighted by molar-refractivity contribution is 7.98. The van der Waals surface area contributed by atoms with Crippen molar-refractivity contribution in [3.63, 3.8) is 0 Å². The first kappa shape index (κ1) is 16.7. The summed E-state index contributed by atoms with van der Waals surface area (Å²) >= 11 is 6.87. The molecule has 1 aliphatic heterocycles. The van der Waals surface area contributed by atoms with Gasteiger partial charge in [-0.1, -0.05) is 25.6 Å². The number of piperazine rings is 1. The molecule has 0 aromatic carbocycles. The molecule has 0 aromatic rings. The van der Waals surface area contributed by atoms with Crippen LogP contribution in [0.4, 0.5) is 0 Å². The van der Waals surface area contributed by atoms with E-state index in [1.54, 1.807) is 11.8 Å². The summed E-state index contributed by atoms with van der Waals surface area (Å²) < 4.78 is 0. The van der Waals surface area contributed by atoms with Crippen molar-refractivity contribution in [3.8, 4) is 0 Å². The van der Waals surface area contributed by atoms with E-state index in [1.807, 2.05) is 11.2 Å². The van der Waals surface area contributed by atoms with E-state index in [0.29, 0.717) is 11.4 Å². The molecule has 4 nitrogen and oxygen atoms in total. The molecule has 0 bridgehead atoms. The molecule has 1 amide bonds. The molecule has 0 spiro atoms. The Bertz CT molecular complexity index is 304. The predicted octanol–water partition coefficient (Wildman–Crippen LogP) is 1.34. The van der Waals surface area contributed by atoms with Gasteiger partial charge in [0, 0.05) is 38.4 Å². The first-order valence-electron chi connectivity index (χ1n) is 6.90. The quantitative estimate of drug-likeness (QED) is 0.719. The number of thiocarbonyl (C=S) groups is 1. The molecule has 1 aliphatic rings. The van der Waals surface area contributed by atoms with Crippen LogP contribution in [0.2, 0.25) is 0 Å². The summed E-state index contributed by atoms with van der Waals surface area (Å²) in [7, 11) is 0. The number of rotatable bonds is 7. The van der Waals surface area contributed by atoms with E-state index in [1.165, 1.54) is 0 Å². The van der Waals surface area contributed by atoms with Crippen molar-refractivity contribution in [1.29, 1.82) is 0 Å². The van der Waals surface area contributed by atoms with Crippen molar-refractivity contribution in [1.82, 2.24) is 9.80 Å². The number of amides is 1. The monoisotopic (exact) mass is 303 g/mol. The first-order valence-corrected chi connectivity index (χ1v) is 8.70. The lowest BCUT2D eigenvalue weighted by Crippen LogP contribution is -2.54. The minimum Gasteiger partial charge on any atom is -0.392 e. The third kappa shape index (κ3) is 5.28. The standard InChI is InChI=1S/C13H25N3OS2/c1-3-4-11(13(14)18)15-6-8-16(9-7-15)12(17)5-10-19-2/h11H,3-10H2,1-2H3,(H2,14,18). The minimum absolute atomic E-state index is 0.198. The van der Waals surface area contributed by atoms with E-state index in [9.17, 15) is 4.79 Å². The molecule has 110 valence electrons. The Morgan fingerprint density at radius 1 is 1.37 bits per heavy atom. The van der Waals surface area contributed by atoms with Crippen LogP contribution in [0.3, 0.4) is 0 Å². The molecule has 0 aliphatic carbocycles. The summed E-state index contributed by atoms with van der Waals surface area (Å²) in [6, 6.07) is 0.198. The number of hydrogen-bond donors (Lipinski definition) is 1. The van der Waals surface area contributed by atoms with Crippen molar-refractivity contribution in [2.75, 3.05) is 38.2 Å². The Hall–Kier alpha value is -0.330. The number of hydrogen-bond acceptors (Lipinski definition) is 4. The highest BCUT2D eigenvalue weighted by atomic mass is 32.2. The SMILES string of the molecule is CCCC(C(N)=S)N1CCN(C(=O)CCSC)CC1. The zero-order valence-corrected chi connectivity index (χ0v) is 13.6. The van der Waals surface area contributed by atoms with Crippen LogP contribution in [0.5, 0.6) is 0 Å². The van der Waals surface area contributed by atoms with Gasteiger partial charge in [0.2, 0.25) is 5.91 Å². The Morgan fingerprint density at radius 2 is 2.00 bits per heavy atom. The van der Waals surface area contributed by atoms with Gasteiger partial charge in [-0.15, -0.1) is 0 Å². The van der Waals surface area contributed by atoms with Crippen LogP contribution < -0.4 is 5.73 Å². The molecule has 0 saturated carbocycles. The Kier molecular flexibility index (Phi) is 7.71. The summed E-state index contributed by atoms with van der Waals surface area (Å²) in [5.74, 6) is 1.18. The van der Waals surface area contributed by atoms with Gasteiger partial charge in [0.25, 0.3) is 0 Å². The Labute approximate surface area is 126 Å². The van der Waals surface area contributed by atoms with Crippen molar-refractivity contribution >= 4 is 34.9 Å². The van der Waals surface area contributed by atoms with E-state index < -0.39 is 0 Å². The third-order valence-electron chi connectivity index (χ3n) is 3.52. The van der Waals surface area contributed by atoms with Crippen LogP contribution in [0.1, 0.15) is 26.2 Å². The van der Waals surface area contributed by atoms with Crippen LogP contribution >= 0.6 is 24.0 Å². The molecular formula is C13H25N3OS2.